The molecule has 1 aromatic carbocycles. The summed E-state index contributed by atoms with van der Waals surface area (Å²) in [6.45, 7) is 2.26. The Hall–Kier alpha value is -1.04. The highest BCUT2D eigenvalue weighted by Crippen LogP contribution is 2.36. The average Bonchev–Trinajstić information content (AvgIpc) is 2.73. The molecule has 0 unspecified atom stereocenters. The van der Waals surface area contributed by atoms with Gasteiger partial charge in [-0.3, -0.25) is 0 Å². The molecule has 21 heavy (non-hydrogen) atoms. The van der Waals surface area contributed by atoms with Gasteiger partial charge in [0, 0.05) is 25.7 Å². The van der Waals surface area contributed by atoms with Crippen LogP contribution in [0, 0.1) is 0 Å². The van der Waals surface area contributed by atoms with Crippen LogP contribution in [0.5, 0.6) is 0 Å². The lowest BCUT2D eigenvalue weighted by Crippen LogP contribution is -2.52. The molecule has 4 nitrogen and oxygen atoms in total. The van der Waals surface area contributed by atoms with Crippen LogP contribution < -0.4 is 10.4 Å². The van der Waals surface area contributed by atoms with Crippen LogP contribution in [0.3, 0.4) is 0 Å². The highest BCUT2D eigenvalue weighted by molar-refractivity contribution is 6.62. The average molecular weight is 297 g/mol. The molecule has 0 atom stereocenters. The molecular formula is C16H24BNO3. The van der Waals surface area contributed by atoms with Crippen LogP contribution in [-0.2, 0) is 14.0 Å². The maximum atomic E-state index is 8.12. The molecule has 3 rings (SSSR count). The van der Waals surface area contributed by atoms with E-state index in [2.05, 4.69) is 4.74 Å². The molecule has 0 bridgehead atoms. The van der Waals surface area contributed by atoms with Crippen molar-refractivity contribution in [3.63, 3.8) is 0 Å². The second-order valence-corrected chi connectivity index (χ2v) is 6.17. The molecule has 0 radical (unpaired) electrons. The van der Waals surface area contributed by atoms with Crippen molar-refractivity contribution < 1.29 is 25.0 Å². The Balaban J connectivity index is 1.86. The van der Waals surface area contributed by atoms with E-state index in [4.69, 9.17) is 20.3 Å². The third kappa shape index (κ3) is 2.58. The fourth-order valence-corrected chi connectivity index (χ4v) is 2.14. The molecule has 0 aliphatic carbocycles. The maximum Gasteiger partial charge on any atom is 0.494 e. The quantitative estimate of drug-likeness (QED) is 0.796. The predicted octanol–water partition coefficient (Wildman–Crippen LogP) is 1.82. The predicted molar refractivity (Wildman–Crippen MR) is 85.2 cm³/mol. The number of anilines is 1. The maximum absolute atomic E-state index is 8.12. The molecule has 114 valence electrons. The molecule has 0 N–H and O–H groups in total. The standard InChI is InChI=1S/C16H24BNO3/c1-15(2)16(3,4)21-17(20-15)12-6-8-13(9-7-12)18-10-14(11-18)19-5/h6-9,14H,10-11H2,1-5H3/i5D3,10D2,11D2,14D. The first-order valence-corrected chi connectivity index (χ1v) is 6.82. The fraction of sp³-hybridized carbons (Fsp3) is 0.625. The molecule has 2 heterocycles. The van der Waals surface area contributed by atoms with Gasteiger partial charge in [0.1, 0.15) is 0 Å². The minimum absolute atomic E-state index is 0.136. The first kappa shape index (κ1) is 8.00. The highest BCUT2D eigenvalue weighted by Gasteiger charge is 2.51. The summed E-state index contributed by atoms with van der Waals surface area (Å²) < 4.78 is 78.4. The third-order valence-corrected chi connectivity index (χ3v) is 4.21. The molecule has 2 saturated heterocycles. The molecule has 2 fully saturated rings. The molecule has 2 aliphatic heterocycles. The van der Waals surface area contributed by atoms with E-state index >= 15 is 0 Å². The smallest absolute Gasteiger partial charge is 0.399 e. The van der Waals surface area contributed by atoms with Gasteiger partial charge in [0.25, 0.3) is 0 Å². The normalized spacial score (nSPS) is 36.8. The van der Waals surface area contributed by atoms with Crippen LogP contribution in [0.2, 0.25) is 0 Å². The number of hydrogen-bond donors (Lipinski definition) is 0. The number of nitrogens with zero attached hydrogens (tertiary/aromatic N) is 1. The monoisotopic (exact) mass is 297 g/mol. The summed E-state index contributed by atoms with van der Waals surface area (Å²) >= 11 is 0. The lowest BCUT2D eigenvalue weighted by Gasteiger charge is -2.40. The van der Waals surface area contributed by atoms with Crippen LogP contribution in [-0.4, -0.2) is 44.4 Å². The molecular weight excluding hydrogens is 265 g/mol. The lowest BCUT2D eigenvalue weighted by atomic mass is 9.79. The van der Waals surface area contributed by atoms with Crippen molar-refractivity contribution in [2.24, 2.45) is 0 Å². The largest absolute Gasteiger partial charge is 0.494 e. The Morgan fingerprint density at radius 3 is 2.33 bits per heavy atom. The van der Waals surface area contributed by atoms with Crippen molar-refractivity contribution in [3.05, 3.63) is 24.3 Å². The molecule has 0 saturated carbocycles. The number of benzene rings is 1. The van der Waals surface area contributed by atoms with Crippen LogP contribution in [0.4, 0.5) is 5.69 Å². The van der Waals surface area contributed by atoms with E-state index in [1.165, 1.54) is 12.1 Å². The topological polar surface area (TPSA) is 30.9 Å². The van der Waals surface area contributed by atoms with Crippen LogP contribution >= 0.6 is 0 Å². The van der Waals surface area contributed by atoms with E-state index in [1.54, 1.807) is 12.1 Å². The van der Waals surface area contributed by atoms with Gasteiger partial charge in [0.2, 0.25) is 0 Å². The second kappa shape index (κ2) is 5.01. The van der Waals surface area contributed by atoms with Gasteiger partial charge in [0.15, 0.2) is 0 Å². The van der Waals surface area contributed by atoms with Crippen molar-refractivity contribution in [2.45, 2.75) is 45.0 Å². The summed E-state index contributed by atoms with van der Waals surface area (Å²) in [5.74, 6) is 0. The van der Waals surface area contributed by atoms with Gasteiger partial charge < -0.3 is 18.9 Å². The van der Waals surface area contributed by atoms with E-state index < -0.39 is 44.4 Å². The summed E-state index contributed by atoms with van der Waals surface area (Å²) in [5.41, 5.74) is -0.247. The Kier molecular flexibility index (Phi) is 1.91. The summed E-state index contributed by atoms with van der Waals surface area (Å²) in [6, 6.07) is 6.20. The van der Waals surface area contributed by atoms with Gasteiger partial charge in [-0.15, -0.1) is 0 Å². The van der Waals surface area contributed by atoms with Crippen molar-refractivity contribution in [3.8, 4) is 0 Å². The van der Waals surface area contributed by atoms with Crippen molar-refractivity contribution in [2.75, 3.05) is 24.9 Å². The number of methoxy groups -OCH3 is 1. The van der Waals surface area contributed by atoms with Gasteiger partial charge in [-0.1, -0.05) is 12.1 Å². The van der Waals surface area contributed by atoms with Crippen molar-refractivity contribution >= 4 is 18.3 Å². The molecule has 2 aliphatic rings. The summed E-state index contributed by atoms with van der Waals surface area (Å²) in [5, 5.41) is 0. The fourth-order valence-electron chi connectivity index (χ4n) is 2.14. The summed E-state index contributed by atoms with van der Waals surface area (Å²) in [6.07, 6.45) is -2.92. The number of rotatable bonds is 3. The SMILES string of the molecule is [2H]C([2H])([2H])OC1([2H])C([2H])([2H])N(c2ccc(B3OC(C)(C)C(C)(C)O3)cc2)C1([2H])[2H]. The highest BCUT2D eigenvalue weighted by atomic mass is 16.7. The first-order chi connectivity index (χ1) is 12.9. The van der Waals surface area contributed by atoms with Gasteiger partial charge >= 0.3 is 7.12 Å². The van der Waals surface area contributed by atoms with E-state index in [0.29, 0.717) is 10.4 Å². The van der Waals surface area contributed by atoms with Gasteiger partial charge in [-0.25, -0.2) is 0 Å². The molecule has 0 amide bonds. The zero-order valence-corrected chi connectivity index (χ0v) is 12.6. The summed E-state index contributed by atoms with van der Waals surface area (Å²) in [7, 11) is -3.75. The molecule has 0 spiro atoms. The van der Waals surface area contributed by atoms with Crippen molar-refractivity contribution in [1.82, 2.24) is 0 Å². The number of ether oxygens (including phenoxy) is 1. The zero-order valence-electron chi connectivity index (χ0n) is 20.6. The van der Waals surface area contributed by atoms with E-state index in [9.17, 15) is 0 Å². The number of hydrogen-bond acceptors (Lipinski definition) is 4. The Morgan fingerprint density at radius 2 is 1.81 bits per heavy atom. The lowest BCUT2D eigenvalue weighted by molar-refractivity contribution is 0.00578. The van der Waals surface area contributed by atoms with E-state index in [0.717, 1.165) is 0 Å². The van der Waals surface area contributed by atoms with Crippen LogP contribution in [0.25, 0.3) is 0 Å². The second-order valence-electron chi connectivity index (χ2n) is 6.17. The Bertz CT molecular complexity index is 764. The minimum Gasteiger partial charge on any atom is -0.399 e. The molecule has 0 aromatic heterocycles. The Morgan fingerprint density at radius 1 is 1.24 bits per heavy atom. The molecule has 5 heteroatoms. The molecule has 1 aromatic rings. The van der Waals surface area contributed by atoms with E-state index in [-0.39, 0.29) is 5.69 Å². The van der Waals surface area contributed by atoms with E-state index in [1.807, 2.05) is 27.7 Å². The van der Waals surface area contributed by atoms with Crippen LogP contribution in [0.1, 0.15) is 38.7 Å². The first-order valence-electron chi connectivity index (χ1n) is 10.8. The Labute approximate surface area is 138 Å². The third-order valence-electron chi connectivity index (χ3n) is 4.21. The van der Waals surface area contributed by atoms with Crippen LogP contribution in [0.15, 0.2) is 24.3 Å². The summed E-state index contributed by atoms with van der Waals surface area (Å²) in [4.78, 5) is 0.701. The van der Waals surface area contributed by atoms with Gasteiger partial charge in [-0.05, 0) is 45.3 Å². The minimum atomic E-state index is -3.12. The zero-order chi connectivity index (χ0) is 22.3. The van der Waals surface area contributed by atoms with Gasteiger partial charge in [0.05, 0.1) is 28.2 Å². The van der Waals surface area contributed by atoms with Crippen molar-refractivity contribution in [1.29, 1.82) is 0 Å². The van der Waals surface area contributed by atoms with Gasteiger partial charge in [-0.2, -0.15) is 0 Å².